The zero-order chi connectivity index (χ0) is 13.7. The average molecular weight is 286 g/mol. The van der Waals surface area contributed by atoms with E-state index in [9.17, 15) is 4.39 Å². The van der Waals surface area contributed by atoms with Crippen LogP contribution in [0, 0.1) is 5.82 Å². The summed E-state index contributed by atoms with van der Waals surface area (Å²) in [5.41, 5.74) is 0.662. The Kier molecular flexibility index (Phi) is 5.58. The monoisotopic (exact) mass is 285 g/mol. The highest BCUT2D eigenvalue weighted by atomic mass is 35.5. The van der Waals surface area contributed by atoms with Gasteiger partial charge in [0, 0.05) is 51.4 Å². The summed E-state index contributed by atoms with van der Waals surface area (Å²) < 4.78 is 13.8. The van der Waals surface area contributed by atoms with Gasteiger partial charge < -0.3 is 10.2 Å². The van der Waals surface area contributed by atoms with Crippen molar-refractivity contribution in [3.63, 3.8) is 0 Å². The first-order chi connectivity index (χ1) is 9.16. The predicted octanol–water partition coefficient (Wildman–Crippen LogP) is 1.82. The van der Waals surface area contributed by atoms with Gasteiger partial charge in [0.15, 0.2) is 0 Å². The standard InChI is InChI=1S/C14H21ClFN3/c1-18(9-10-19-7-5-17-6-8-19)11-12-3-2-4-13(15)14(12)16/h2-4,17H,5-11H2,1H3. The predicted molar refractivity (Wildman–Crippen MR) is 77.1 cm³/mol. The van der Waals surface area contributed by atoms with Gasteiger partial charge in [0.25, 0.3) is 0 Å². The van der Waals surface area contributed by atoms with Crippen LogP contribution in [0.5, 0.6) is 0 Å². The highest BCUT2D eigenvalue weighted by Crippen LogP contribution is 2.18. The lowest BCUT2D eigenvalue weighted by molar-refractivity contribution is 0.201. The summed E-state index contributed by atoms with van der Waals surface area (Å²) in [4.78, 5) is 4.57. The average Bonchev–Trinajstić information content (AvgIpc) is 2.43. The van der Waals surface area contributed by atoms with Crippen LogP contribution >= 0.6 is 11.6 Å². The van der Waals surface area contributed by atoms with Crippen molar-refractivity contribution in [3.05, 3.63) is 34.6 Å². The van der Waals surface area contributed by atoms with Gasteiger partial charge >= 0.3 is 0 Å². The maximum absolute atomic E-state index is 13.8. The minimum atomic E-state index is -0.293. The lowest BCUT2D eigenvalue weighted by Gasteiger charge is -2.29. The summed E-state index contributed by atoms with van der Waals surface area (Å²) in [5, 5.41) is 3.54. The van der Waals surface area contributed by atoms with Crippen molar-refractivity contribution in [2.45, 2.75) is 6.54 Å². The fraction of sp³-hybridized carbons (Fsp3) is 0.571. The maximum atomic E-state index is 13.8. The number of piperazine rings is 1. The second-order valence-corrected chi connectivity index (χ2v) is 5.45. The highest BCUT2D eigenvalue weighted by Gasteiger charge is 2.12. The minimum Gasteiger partial charge on any atom is -0.314 e. The summed E-state index contributed by atoms with van der Waals surface area (Å²) >= 11 is 5.79. The third-order valence-electron chi connectivity index (χ3n) is 3.48. The number of hydrogen-bond donors (Lipinski definition) is 1. The van der Waals surface area contributed by atoms with E-state index in [1.165, 1.54) is 0 Å². The van der Waals surface area contributed by atoms with Crippen LogP contribution in [0.1, 0.15) is 5.56 Å². The summed E-state index contributed by atoms with van der Waals surface area (Å²) in [6.45, 7) is 6.88. The first-order valence-electron chi connectivity index (χ1n) is 6.71. The van der Waals surface area contributed by atoms with E-state index >= 15 is 0 Å². The Hall–Kier alpha value is -0.680. The molecule has 0 aliphatic carbocycles. The molecule has 1 aliphatic heterocycles. The number of nitrogens with one attached hydrogen (secondary N) is 1. The Morgan fingerprint density at radius 3 is 2.84 bits per heavy atom. The van der Waals surface area contributed by atoms with Crippen LogP contribution in [-0.4, -0.2) is 56.1 Å². The van der Waals surface area contributed by atoms with E-state index in [0.29, 0.717) is 12.1 Å². The van der Waals surface area contributed by atoms with Crippen molar-refractivity contribution < 1.29 is 4.39 Å². The zero-order valence-electron chi connectivity index (χ0n) is 11.3. The van der Waals surface area contributed by atoms with Crippen LogP contribution in [0.25, 0.3) is 0 Å². The molecule has 3 nitrogen and oxygen atoms in total. The van der Waals surface area contributed by atoms with Crippen molar-refractivity contribution in [2.24, 2.45) is 0 Å². The highest BCUT2D eigenvalue weighted by molar-refractivity contribution is 6.30. The second kappa shape index (κ2) is 7.20. The van der Waals surface area contributed by atoms with Crippen LogP contribution < -0.4 is 5.32 Å². The molecule has 1 saturated heterocycles. The van der Waals surface area contributed by atoms with Crippen LogP contribution in [0.3, 0.4) is 0 Å². The SMILES string of the molecule is CN(CCN1CCNCC1)Cc1cccc(Cl)c1F. The van der Waals surface area contributed by atoms with Crippen LogP contribution in [-0.2, 0) is 6.54 Å². The molecule has 2 rings (SSSR count). The van der Waals surface area contributed by atoms with Crippen molar-refractivity contribution in [2.75, 3.05) is 46.3 Å². The molecule has 0 spiro atoms. The Morgan fingerprint density at radius 1 is 1.37 bits per heavy atom. The minimum absolute atomic E-state index is 0.202. The van der Waals surface area contributed by atoms with E-state index in [4.69, 9.17) is 11.6 Å². The van der Waals surface area contributed by atoms with E-state index < -0.39 is 0 Å². The van der Waals surface area contributed by atoms with Gasteiger partial charge in [-0.1, -0.05) is 23.7 Å². The van der Waals surface area contributed by atoms with Crippen molar-refractivity contribution >= 4 is 11.6 Å². The quantitative estimate of drug-likeness (QED) is 0.890. The summed E-state index contributed by atoms with van der Waals surface area (Å²) in [5.74, 6) is -0.293. The van der Waals surface area contributed by atoms with Gasteiger partial charge in [0.05, 0.1) is 5.02 Å². The molecule has 0 amide bonds. The van der Waals surface area contributed by atoms with Gasteiger partial charge in [-0.3, -0.25) is 4.90 Å². The molecule has 5 heteroatoms. The smallest absolute Gasteiger partial charge is 0.146 e. The van der Waals surface area contributed by atoms with E-state index in [1.54, 1.807) is 18.2 Å². The largest absolute Gasteiger partial charge is 0.314 e. The molecule has 1 fully saturated rings. The van der Waals surface area contributed by atoms with Crippen molar-refractivity contribution in [3.8, 4) is 0 Å². The molecule has 1 N–H and O–H groups in total. The maximum Gasteiger partial charge on any atom is 0.146 e. The van der Waals surface area contributed by atoms with Gasteiger partial charge in [-0.2, -0.15) is 0 Å². The number of benzene rings is 1. The van der Waals surface area contributed by atoms with E-state index in [1.807, 2.05) is 7.05 Å². The molecule has 0 atom stereocenters. The molecule has 1 aliphatic rings. The molecule has 1 heterocycles. The number of nitrogens with zero attached hydrogens (tertiary/aromatic N) is 2. The Morgan fingerprint density at radius 2 is 2.11 bits per heavy atom. The Balaban J connectivity index is 1.80. The molecule has 0 bridgehead atoms. The second-order valence-electron chi connectivity index (χ2n) is 5.04. The lowest BCUT2D eigenvalue weighted by atomic mass is 10.2. The molecule has 19 heavy (non-hydrogen) atoms. The van der Waals surface area contributed by atoms with E-state index in [-0.39, 0.29) is 10.8 Å². The van der Waals surface area contributed by atoms with Crippen LogP contribution in [0.4, 0.5) is 4.39 Å². The summed E-state index contributed by atoms with van der Waals surface area (Å²) in [7, 11) is 2.02. The fourth-order valence-electron chi connectivity index (χ4n) is 2.29. The Bertz CT molecular complexity index is 408. The van der Waals surface area contributed by atoms with Gasteiger partial charge in [-0.05, 0) is 13.1 Å². The molecule has 1 aromatic rings. The molecule has 106 valence electrons. The van der Waals surface area contributed by atoms with E-state index in [2.05, 4.69) is 15.1 Å². The summed E-state index contributed by atoms with van der Waals surface area (Å²) in [6.07, 6.45) is 0. The molecule has 0 unspecified atom stereocenters. The Labute approximate surface area is 119 Å². The third-order valence-corrected chi connectivity index (χ3v) is 3.77. The number of likely N-dealkylation sites (N-methyl/N-ethyl adjacent to an activating group) is 1. The zero-order valence-corrected chi connectivity index (χ0v) is 12.1. The van der Waals surface area contributed by atoms with E-state index in [0.717, 1.165) is 39.3 Å². The van der Waals surface area contributed by atoms with Gasteiger partial charge in [0.2, 0.25) is 0 Å². The molecule has 0 aromatic heterocycles. The first-order valence-corrected chi connectivity index (χ1v) is 7.09. The van der Waals surface area contributed by atoms with Gasteiger partial charge in [-0.15, -0.1) is 0 Å². The number of hydrogen-bond acceptors (Lipinski definition) is 3. The molecule has 1 aromatic carbocycles. The third kappa shape index (κ3) is 4.42. The first kappa shape index (κ1) is 14.7. The fourth-order valence-corrected chi connectivity index (χ4v) is 2.48. The van der Waals surface area contributed by atoms with Gasteiger partial charge in [0.1, 0.15) is 5.82 Å². The number of halogens is 2. The lowest BCUT2D eigenvalue weighted by Crippen LogP contribution is -2.45. The molecular weight excluding hydrogens is 265 g/mol. The van der Waals surface area contributed by atoms with Crippen molar-refractivity contribution in [1.29, 1.82) is 0 Å². The summed E-state index contributed by atoms with van der Waals surface area (Å²) in [6, 6.07) is 5.18. The normalized spacial score (nSPS) is 17.1. The topological polar surface area (TPSA) is 18.5 Å². The molecule has 0 radical (unpaired) electrons. The van der Waals surface area contributed by atoms with Gasteiger partial charge in [-0.25, -0.2) is 4.39 Å². The number of rotatable bonds is 5. The molecule has 0 saturated carbocycles. The van der Waals surface area contributed by atoms with Crippen molar-refractivity contribution in [1.82, 2.24) is 15.1 Å². The van der Waals surface area contributed by atoms with Crippen LogP contribution in [0.2, 0.25) is 5.02 Å². The van der Waals surface area contributed by atoms with Crippen LogP contribution in [0.15, 0.2) is 18.2 Å². The molecular formula is C14H21ClFN3.